The summed E-state index contributed by atoms with van der Waals surface area (Å²) in [6.45, 7) is 1.68. The van der Waals surface area contributed by atoms with Gasteiger partial charge in [-0.25, -0.2) is 4.79 Å². The Morgan fingerprint density at radius 3 is 2.17 bits per heavy atom. The molecular formula is C23H27NO5. The fraction of sp³-hybridized carbons (Fsp3) is 0.391. The zero-order valence-electron chi connectivity index (χ0n) is 16.9. The number of carbonyl (C=O) groups is 2. The Labute approximate surface area is 171 Å². The molecule has 1 atom stereocenters. The third-order valence-electron chi connectivity index (χ3n) is 4.96. The average molecular weight is 397 g/mol. The highest BCUT2D eigenvalue weighted by molar-refractivity contribution is 5.95. The van der Waals surface area contributed by atoms with Gasteiger partial charge in [-0.3, -0.25) is 4.79 Å². The SMILES string of the molecule is COc1ccc(OC(C)C(=O)Nc2ccc(C(=O)OC3CCCCC3)cc2)cc1. The summed E-state index contributed by atoms with van der Waals surface area (Å²) in [5.74, 6) is 0.704. The molecular weight excluding hydrogens is 370 g/mol. The van der Waals surface area contributed by atoms with Crippen molar-refractivity contribution in [2.24, 2.45) is 0 Å². The number of esters is 1. The predicted octanol–water partition coefficient (Wildman–Crippen LogP) is 4.59. The van der Waals surface area contributed by atoms with Gasteiger partial charge in [0.2, 0.25) is 0 Å². The van der Waals surface area contributed by atoms with E-state index in [4.69, 9.17) is 14.2 Å². The van der Waals surface area contributed by atoms with Gasteiger partial charge in [0.25, 0.3) is 5.91 Å². The highest BCUT2D eigenvalue weighted by atomic mass is 16.5. The molecule has 154 valence electrons. The molecule has 29 heavy (non-hydrogen) atoms. The van der Waals surface area contributed by atoms with Crippen molar-refractivity contribution in [2.45, 2.75) is 51.2 Å². The fourth-order valence-electron chi connectivity index (χ4n) is 3.25. The molecule has 1 saturated carbocycles. The summed E-state index contributed by atoms with van der Waals surface area (Å²) in [4.78, 5) is 24.6. The van der Waals surface area contributed by atoms with Crippen molar-refractivity contribution in [3.8, 4) is 11.5 Å². The summed E-state index contributed by atoms with van der Waals surface area (Å²) in [6.07, 6.45) is 4.64. The molecule has 2 aromatic rings. The Kier molecular flexibility index (Phi) is 7.11. The van der Waals surface area contributed by atoms with Gasteiger partial charge in [-0.2, -0.15) is 0 Å². The van der Waals surface area contributed by atoms with Gasteiger partial charge in [-0.05, 0) is 81.1 Å². The Bertz CT molecular complexity index is 810. The number of ether oxygens (including phenoxy) is 3. The van der Waals surface area contributed by atoms with E-state index in [-0.39, 0.29) is 18.0 Å². The minimum atomic E-state index is -0.681. The number of hydrogen-bond donors (Lipinski definition) is 1. The van der Waals surface area contributed by atoms with Gasteiger partial charge in [0.15, 0.2) is 6.10 Å². The van der Waals surface area contributed by atoms with Crippen LogP contribution in [0, 0.1) is 0 Å². The second kappa shape index (κ2) is 9.96. The molecule has 1 aliphatic carbocycles. The lowest BCUT2D eigenvalue weighted by Gasteiger charge is -2.21. The van der Waals surface area contributed by atoms with Crippen LogP contribution in [0.3, 0.4) is 0 Å². The summed E-state index contributed by atoms with van der Waals surface area (Å²) >= 11 is 0. The van der Waals surface area contributed by atoms with Crippen LogP contribution in [-0.4, -0.2) is 31.2 Å². The van der Waals surface area contributed by atoms with Gasteiger partial charge in [-0.15, -0.1) is 0 Å². The van der Waals surface area contributed by atoms with Crippen LogP contribution < -0.4 is 14.8 Å². The Balaban J connectivity index is 1.51. The Hall–Kier alpha value is -3.02. The zero-order valence-corrected chi connectivity index (χ0v) is 16.9. The average Bonchev–Trinajstić information content (AvgIpc) is 2.75. The summed E-state index contributed by atoms with van der Waals surface area (Å²) in [5, 5.41) is 2.79. The van der Waals surface area contributed by atoms with Gasteiger partial charge in [-0.1, -0.05) is 6.42 Å². The molecule has 0 aliphatic heterocycles. The lowest BCUT2D eigenvalue weighted by Crippen LogP contribution is -2.30. The monoisotopic (exact) mass is 397 g/mol. The molecule has 1 aliphatic rings. The number of amides is 1. The number of hydrogen-bond acceptors (Lipinski definition) is 5. The molecule has 2 aromatic carbocycles. The summed E-state index contributed by atoms with van der Waals surface area (Å²) in [7, 11) is 1.59. The van der Waals surface area contributed by atoms with E-state index >= 15 is 0 Å². The van der Waals surface area contributed by atoms with E-state index in [0.717, 1.165) is 31.4 Å². The molecule has 0 bridgehead atoms. The van der Waals surface area contributed by atoms with Crippen molar-refractivity contribution in [1.29, 1.82) is 0 Å². The van der Waals surface area contributed by atoms with Crippen molar-refractivity contribution in [3.05, 3.63) is 54.1 Å². The lowest BCUT2D eigenvalue weighted by molar-refractivity contribution is -0.122. The number of benzene rings is 2. The molecule has 6 heteroatoms. The molecule has 0 heterocycles. The standard InChI is InChI=1S/C23H27NO5/c1-16(28-21-14-12-19(27-2)13-15-21)22(25)24-18-10-8-17(9-11-18)23(26)29-20-6-4-3-5-7-20/h8-16,20H,3-7H2,1-2H3,(H,24,25). The van der Waals surface area contributed by atoms with Crippen LogP contribution in [0.2, 0.25) is 0 Å². The number of rotatable bonds is 7. The Morgan fingerprint density at radius 1 is 0.931 bits per heavy atom. The van der Waals surface area contributed by atoms with Crippen molar-refractivity contribution in [2.75, 3.05) is 12.4 Å². The topological polar surface area (TPSA) is 73.9 Å². The molecule has 0 radical (unpaired) electrons. The van der Waals surface area contributed by atoms with Crippen LogP contribution in [0.25, 0.3) is 0 Å². The Morgan fingerprint density at radius 2 is 1.55 bits per heavy atom. The lowest BCUT2D eigenvalue weighted by atomic mass is 9.98. The molecule has 1 unspecified atom stereocenters. The highest BCUT2D eigenvalue weighted by Crippen LogP contribution is 2.22. The quantitative estimate of drug-likeness (QED) is 0.692. The highest BCUT2D eigenvalue weighted by Gasteiger charge is 2.19. The third kappa shape index (κ3) is 5.98. The first-order chi connectivity index (χ1) is 14.0. The largest absolute Gasteiger partial charge is 0.497 e. The molecule has 0 saturated heterocycles. The maximum Gasteiger partial charge on any atom is 0.338 e. The van der Waals surface area contributed by atoms with Crippen molar-refractivity contribution in [1.82, 2.24) is 0 Å². The number of carbonyl (C=O) groups excluding carboxylic acids is 2. The van der Waals surface area contributed by atoms with Crippen molar-refractivity contribution < 1.29 is 23.8 Å². The minimum absolute atomic E-state index is 0.0200. The summed E-state index contributed by atoms with van der Waals surface area (Å²) in [5.41, 5.74) is 1.07. The van der Waals surface area contributed by atoms with Crippen molar-refractivity contribution >= 4 is 17.6 Å². The van der Waals surface area contributed by atoms with Crippen LogP contribution in [0.5, 0.6) is 11.5 Å². The van der Waals surface area contributed by atoms with E-state index in [1.165, 1.54) is 6.42 Å². The van der Waals surface area contributed by atoms with Crippen molar-refractivity contribution in [3.63, 3.8) is 0 Å². The molecule has 1 N–H and O–H groups in total. The van der Waals surface area contributed by atoms with Crippen LogP contribution in [0.4, 0.5) is 5.69 Å². The molecule has 1 amide bonds. The number of nitrogens with one attached hydrogen (secondary N) is 1. The first kappa shape index (κ1) is 20.7. The molecule has 3 rings (SSSR count). The maximum atomic E-state index is 12.4. The van der Waals surface area contributed by atoms with E-state index in [9.17, 15) is 9.59 Å². The van der Waals surface area contributed by atoms with E-state index in [1.807, 2.05) is 0 Å². The van der Waals surface area contributed by atoms with E-state index in [1.54, 1.807) is 62.6 Å². The summed E-state index contributed by atoms with van der Waals surface area (Å²) < 4.78 is 16.3. The first-order valence-electron chi connectivity index (χ1n) is 9.98. The van der Waals surface area contributed by atoms with Gasteiger partial charge in [0, 0.05) is 5.69 Å². The second-order valence-electron chi connectivity index (χ2n) is 7.17. The van der Waals surface area contributed by atoms with E-state index in [2.05, 4.69) is 5.32 Å². The van der Waals surface area contributed by atoms with E-state index < -0.39 is 6.10 Å². The van der Waals surface area contributed by atoms with Crippen LogP contribution >= 0.6 is 0 Å². The maximum absolute atomic E-state index is 12.4. The van der Waals surface area contributed by atoms with E-state index in [0.29, 0.717) is 17.0 Å². The van der Waals surface area contributed by atoms with Gasteiger partial charge in [0.05, 0.1) is 12.7 Å². The molecule has 0 spiro atoms. The smallest absolute Gasteiger partial charge is 0.338 e. The minimum Gasteiger partial charge on any atom is -0.497 e. The second-order valence-corrected chi connectivity index (χ2v) is 7.17. The van der Waals surface area contributed by atoms with Gasteiger partial charge < -0.3 is 19.5 Å². The predicted molar refractivity (Wildman–Crippen MR) is 110 cm³/mol. The van der Waals surface area contributed by atoms with Gasteiger partial charge >= 0.3 is 5.97 Å². The van der Waals surface area contributed by atoms with Crippen LogP contribution in [0.1, 0.15) is 49.4 Å². The zero-order chi connectivity index (χ0) is 20.6. The molecule has 1 fully saturated rings. The fourth-order valence-corrected chi connectivity index (χ4v) is 3.25. The van der Waals surface area contributed by atoms with Crippen LogP contribution in [0.15, 0.2) is 48.5 Å². The number of methoxy groups -OCH3 is 1. The molecule has 6 nitrogen and oxygen atoms in total. The normalized spacial score (nSPS) is 15.2. The third-order valence-corrected chi connectivity index (χ3v) is 4.96. The number of anilines is 1. The first-order valence-corrected chi connectivity index (χ1v) is 9.98. The molecule has 0 aromatic heterocycles. The van der Waals surface area contributed by atoms with Gasteiger partial charge in [0.1, 0.15) is 17.6 Å². The van der Waals surface area contributed by atoms with Crippen LogP contribution in [-0.2, 0) is 9.53 Å². The summed E-state index contributed by atoms with van der Waals surface area (Å²) in [6, 6.07) is 13.7.